The van der Waals surface area contributed by atoms with Crippen LogP contribution in [0.25, 0.3) is 6.08 Å². The van der Waals surface area contributed by atoms with E-state index in [-0.39, 0.29) is 12.1 Å². The molecule has 138 valence electrons. The van der Waals surface area contributed by atoms with Crippen LogP contribution < -0.4 is 15.0 Å². The van der Waals surface area contributed by atoms with E-state index in [1.807, 2.05) is 12.1 Å². The summed E-state index contributed by atoms with van der Waals surface area (Å²) in [6, 6.07) is 4.87. The predicted molar refractivity (Wildman–Crippen MR) is 94.9 cm³/mol. The van der Waals surface area contributed by atoms with Crippen molar-refractivity contribution in [3.63, 3.8) is 0 Å². The van der Waals surface area contributed by atoms with Gasteiger partial charge in [0, 0.05) is 37.0 Å². The Bertz CT molecular complexity index is 768. The van der Waals surface area contributed by atoms with Crippen molar-refractivity contribution in [3.05, 3.63) is 29.3 Å². The van der Waals surface area contributed by atoms with E-state index in [1.165, 1.54) is 13.2 Å². The lowest BCUT2D eigenvalue weighted by Crippen LogP contribution is -2.53. The number of carbonyl (C=O) groups excluding carboxylic acids is 3. The number of amides is 4. The zero-order valence-electron chi connectivity index (χ0n) is 14.8. The van der Waals surface area contributed by atoms with Crippen LogP contribution in [0.15, 0.2) is 23.8 Å². The smallest absolute Gasteiger partial charge is 0.331 e. The highest BCUT2D eigenvalue weighted by Gasteiger charge is 2.34. The van der Waals surface area contributed by atoms with Crippen LogP contribution in [0.1, 0.15) is 12.5 Å². The molecule has 8 nitrogen and oxygen atoms in total. The molecule has 2 saturated heterocycles. The van der Waals surface area contributed by atoms with Gasteiger partial charge >= 0.3 is 6.03 Å². The molecule has 0 aliphatic carbocycles. The molecule has 26 heavy (non-hydrogen) atoms. The van der Waals surface area contributed by atoms with Crippen LogP contribution in [-0.2, 0) is 14.3 Å². The van der Waals surface area contributed by atoms with Crippen molar-refractivity contribution in [1.82, 2.24) is 10.2 Å². The first-order chi connectivity index (χ1) is 12.5. The summed E-state index contributed by atoms with van der Waals surface area (Å²) < 4.78 is 10.8. The Morgan fingerprint density at radius 3 is 2.62 bits per heavy atom. The van der Waals surface area contributed by atoms with E-state index in [1.54, 1.807) is 13.0 Å². The highest BCUT2D eigenvalue weighted by atomic mass is 16.5. The van der Waals surface area contributed by atoms with Crippen LogP contribution >= 0.6 is 0 Å². The summed E-state index contributed by atoms with van der Waals surface area (Å²) in [5.74, 6) is -0.772. The monoisotopic (exact) mass is 359 g/mol. The number of benzene rings is 1. The van der Waals surface area contributed by atoms with Crippen LogP contribution in [0.3, 0.4) is 0 Å². The van der Waals surface area contributed by atoms with Gasteiger partial charge in [0.15, 0.2) is 0 Å². The maximum atomic E-state index is 12.4. The van der Waals surface area contributed by atoms with Crippen molar-refractivity contribution in [2.75, 3.05) is 44.9 Å². The minimum Gasteiger partial charge on any atom is -0.496 e. The Labute approximate surface area is 151 Å². The Balaban J connectivity index is 1.92. The summed E-state index contributed by atoms with van der Waals surface area (Å²) in [6.45, 7) is 4.77. The number of urea groups is 1. The van der Waals surface area contributed by atoms with Gasteiger partial charge in [0.05, 0.1) is 20.3 Å². The number of nitrogens with one attached hydrogen (secondary N) is 1. The molecule has 1 aromatic rings. The van der Waals surface area contributed by atoms with Gasteiger partial charge in [0.1, 0.15) is 11.3 Å². The Morgan fingerprint density at radius 2 is 1.96 bits per heavy atom. The molecule has 2 aliphatic heterocycles. The molecular formula is C18H21N3O5. The van der Waals surface area contributed by atoms with E-state index in [0.717, 1.165) is 23.7 Å². The number of barbiturate groups is 1. The minimum absolute atomic E-state index is 0.0936. The van der Waals surface area contributed by atoms with Gasteiger partial charge in [-0.1, -0.05) is 0 Å². The van der Waals surface area contributed by atoms with Gasteiger partial charge in [-0.25, -0.2) is 4.79 Å². The SMILES string of the molecule is CCN1C(=O)NC(=O)C(=Cc2ccc(N3CCOCC3)cc2OC)C1=O. The van der Waals surface area contributed by atoms with E-state index in [9.17, 15) is 14.4 Å². The van der Waals surface area contributed by atoms with Crippen LogP contribution in [0.5, 0.6) is 5.75 Å². The highest BCUT2D eigenvalue weighted by molar-refractivity contribution is 6.31. The number of nitrogens with zero attached hydrogens (tertiary/aromatic N) is 2. The summed E-state index contributed by atoms with van der Waals surface area (Å²) in [7, 11) is 1.53. The molecule has 0 atom stereocenters. The van der Waals surface area contributed by atoms with Crippen LogP contribution in [0.2, 0.25) is 0 Å². The number of hydrogen-bond donors (Lipinski definition) is 1. The van der Waals surface area contributed by atoms with E-state index >= 15 is 0 Å². The molecule has 2 heterocycles. The number of morpholine rings is 1. The van der Waals surface area contributed by atoms with Crippen molar-refractivity contribution in [2.24, 2.45) is 0 Å². The second kappa shape index (κ2) is 7.57. The second-order valence-corrected chi connectivity index (χ2v) is 5.89. The van der Waals surface area contributed by atoms with E-state index in [0.29, 0.717) is 24.5 Å². The standard InChI is InChI=1S/C18H21N3O5/c1-3-21-17(23)14(16(22)19-18(21)24)10-12-4-5-13(11-15(12)25-2)20-6-8-26-9-7-20/h4-5,10-11H,3,6-9H2,1-2H3,(H,19,22,24). The fourth-order valence-corrected chi connectivity index (χ4v) is 2.97. The van der Waals surface area contributed by atoms with Crippen molar-refractivity contribution in [2.45, 2.75) is 6.92 Å². The largest absolute Gasteiger partial charge is 0.496 e. The fraction of sp³-hybridized carbons (Fsp3) is 0.389. The maximum Gasteiger partial charge on any atom is 0.331 e. The van der Waals surface area contributed by atoms with Gasteiger partial charge in [0.25, 0.3) is 11.8 Å². The molecule has 0 unspecified atom stereocenters. The summed E-state index contributed by atoms with van der Waals surface area (Å²) in [5, 5.41) is 2.18. The third-order valence-electron chi connectivity index (χ3n) is 4.40. The zero-order chi connectivity index (χ0) is 18.7. The minimum atomic E-state index is -0.705. The molecule has 0 spiro atoms. The topological polar surface area (TPSA) is 88.2 Å². The van der Waals surface area contributed by atoms with Crippen LogP contribution in [-0.4, -0.2) is 62.7 Å². The maximum absolute atomic E-state index is 12.4. The lowest BCUT2D eigenvalue weighted by atomic mass is 10.1. The first-order valence-corrected chi connectivity index (χ1v) is 8.44. The molecule has 1 aromatic carbocycles. The molecular weight excluding hydrogens is 338 g/mol. The summed E-state index contributed by atoms with van der Waals surface area (Å²) in [4.78, 5) is 39.4. The third-order valence-corrected chi connectivity index (χ3v) is 4.40. The number of anilines is 1. The quantitative estimate of drug-likeness (QED) is 0.638. The zero-order valence-corrected chi connectivity index (χ0v) is 14.8. The normalized spacial score (nSPS) is 19.8. The van der Waals surface area contributed by atoms with Gasteiger partial charge in [0.2, 0.25) is 0 Å². The van der Waals surface area contributed by atoms with Crippen molar-refractivity contribution in [1.29, 1.82) is 0 Å². The van der Waals surface area contributed by atoms with Gasteiger partial charge in [-0.05, 0) is 25.1 Å². The van der Waals surface area contributed by atoms with E-state index in [2.05, 4.69) is 10.2 Å². The first-order valence-electron chi connectivity index (χ1n) is 8.44. The highest BCUT2D eigenvalue weighted by Crippen LogP contribution is 2.28. The Morgan fingerprint density at radius 1 is 1.23 bits per heavy atom. The number of imide groups is 2. The fourth-order valence-electron chi connectivity index (χ4n) is 2.97. The summed E-state index contributed by atoms with van der Waals surface area (Å²) >= 11 is 0. The first kappa shape index (κ1) is 17.9. The van der Waals surface area contributed by atoms with Crippen molar-refractivity contribution in [3.8, 4) is 5.75 Å². The molecule has 0 saturated carbocycles. The van der Waals surface area contributed by atoms with Gasteiger partial charge in [-0.15, -0.1) is 0 Å². The summed E-state index contributed by atoms with van der Waals surface area (Å²) in [5.41, 5.74) is 1.48. The molecule has 0 bridgehead atoms. The molecule has 2 fully saturated rings. The van der Waals surface area contributed by atoms with Crippen molar-refractivity contribution >= 4 is 29.6 Å². The number of ether oxygens (including phenoxy) is 2. The number of carbonyl (C=O) groups is 3. The molecule has 1 N–H and O–H groups in total. The molecule has 2 aliphatic rings. The van der Waals surface area contributed by atoms with Crippen molar-refractivity contribution < 1.29 is 23.9 Å². The van der Waals surface area contributed by atoms with Gasteiger partial charge in [-0.2, -0.15) is 0 Å². The molecule has 8 heteroatoms. The molecule has 0 radical (unpaired) electrons. The lowest BCUT2D eigenvalue weighted by molar-refractivity contribution is -0.129. The average molecular weight is 359 g/mol. The molecule has 4 amide bonds. The van der Waals surface area contributed by atoms with E-state index < -0.39 is 17.8 Å². The summed E-state index contributed by atoms with van der Waals surface area (Å²) in [6.07, 6.45) is 1.45. The predicted octanol–water partition coefficient (Wildman–Crippen LogP) is 1.01. The van der Waals surface area contributed by atoms with E-state index in [4.69, 9.17) is 9.47 Å². The molecule has 3 rings (SSSR count). The average Bonchev–Trinajstić information content (AvgIpc) is 2.66. The Kier molecular flexibility index (Phi) is 5.22. The van der Waals surface area contributed by atoms with Crippen LogP contribution in [0, 0.1) is 0 Å². The van der Waals surface area contributed by atoms with Gasteiger partial charge in [-0.3, -0.25) is 19.8 Å². The number of methoxy groups -OCH3 is 1. The number of likely N-dealkylation sites (N-methyl/N-ethyl adjacent to an activating group) is 1. The Hall–Kier alpha value is -2.87. The number of rotatable bonds is 4. The number of hydrogen-bond acceptors (Lipinski definition) is 6. The van der Waals surface area contributed by atoms with Crippen LogP contribution in [0.4, 0.5) is 10.5 Å². The van der Waals surface area contributed by atoms with Gasteiger partial charge < -0.3 is 14.4 Å². The lowest BCUT2D eigenvalue weighted by Gasteiger charge is -2.29. The second-order valence-electron chi connectivity index (χ2n) is 5.89. The third kappa shape index (κ3) is 3.41. The molecule has 0 aromatic heterocycles.